The first-order valence-corrected chi connectivity index (χ1v) is 13.7. The second kappa shape index (κ2) is 13.0. The van der Waals surface area contributed by atoms with Crippen LogP contribution in [-0.2, 0) is 4.79 Å². The maximum atomic E-state index is 15.4. The maximum Gasteiger partial charge on any atom is 0.308 e. The Kier molecular flexibility index (Phi) is 9.66. The molecule has 39 heavy (non-hydrogen) atoms. The molecule has 11 heteroatoms. The number of nitrogens with zero attached hydrogens (tertiary/aromatic N) is 2. The van der Waals surface area contributed by atoms with E-state index in [1.54, 1.807) is 30.5 Å². The number of hydrogen-bond donors (Lipinski definition) is 1. The molecule has 1 aromatic heterocycles. The topological polar surface area (TPSA) is 62.7 Å². The summed E-state index contributed by atoms with van der Waals surface area (Å²) in [6.07, 6.45) is 1.89. The molecule has 1 unspecified atom stereocenters. The summed E-state index contributed by atoms with van der Waals surface area (Å²) in [6.45, 7) is 1.37. The number of fused-ring (bicyclic) bond motifs is 1. The number of likely N-dealkylation sites (tertiary alicyclic amines) is 1. The van der Waals surface area contributed by atoms with E-state index in [-0.39, 0.29) is 24.6 Å². The van der Waals surface area contributed by atoms with Crippen molar-refractivity contribution in [2.45, 2.75) is 36.8 Å². The monoisotopic (exact) mass is 568 g/mol. The largest absolute Gasteiger partial charge is 0.497 e. The lowest BCUT2D eigenvalue weighted by Crippen LogP contribution is -2.44. The molecule has 2 aromatic carbocycles. The number of aromatic nitrogens is 1. The van der Waals surface area contributed by atoms with Gasteiger partial charge in [0, 0.05) is 24.2 Å². The van der Waals surface area contributed by atoms with E-state index >= 15 is 4.39 Å². The third-order valence-electron chi connectivity index (χ3n) is 7.21. The van der Waals surface area contributed by atoms with Gasteiger partial charge in [0.15, 0.2) is 17.5 Å². The summed E-state index contributed by atoms with van der Waals surface area (Å²) < 4.78 is 74.8. The van der Waals surface area contributed by atoms with Crippen LogP contribution in [0.5, 0.6) is 5.75 Å². The highest BCUT2D eigenvalue weighted by Crippen LogP contribution is 2.36. The highest BCUT2D eigenvalue weighted by atomic mass is 32.2. The van der Waals surface area contributed by atoms with Crippen LogP contribution in [-0.4, -0.2) is 53.5 Å². The third-order valence-corrected chi connectivity index (χ3v) is 8.36. The number of carboxylic acid groups (broad SMARTS) is 1. The number of pyridine rings is 1. The van der Waals surface area contributed by atoms with Gasteiger partial charge in [-0.2, -0.15) is 0 Å². The van der Waals surface area contributed by atoms with E-state index < -0.39 is 46.2 Å². The van der Waals surface area contributed by atoms with Gasteiger partial charge in [0.25, 0.3) is 0 Å². The SMILES string of the molecule is COc1ccc2nccc(C(F)CC[C@@H]3CCN(CCCSc4c(F)cc(F)c(F)c4F)C[C@@H]3C(=O)O)c2c1. The molecule has 1 saturated heterocycles. The Morgan fingerprint density at radius 3 is 2.72 bits per heavy atom. The number of piperidine rings is 1. The summed E-state index contributed by atoms with van der Waals surface area (Å²) in [7, 11) is 1.54. The Labute approximate surface area is 227 Å². The van der Waals surface area contributed by atoms with Crippen LogP contribution in [0.1, 0.15) is 37.4 Å². The second-order valence-corrected chi connectivity index (χ2v) is 10.7. The van der Waals surface area contributed by atoms with Crippen molar-refractivity contribution >= 4 is 28.6 Å². The number of carboxylic acids is 1. The van der Waals surface area contributed by atoms with Crippen molar-refractivity contribution in [1.82, 2.24) is 9.88 Å². The third kappa shape index (κ3) is 6.81. The predicted molar refractivity (Wildman–Crippen MR) is 139 cm³/mol. The normalized spacial score (nSPS) is 18.8. The van der Waals surface area contributed by atoms with Gasteiger partial charge in [-0.15, -0.1) is 11.8 Å². The summed E-state index contributed by atoms with van der Waals surface area (Å²) in [5.41, 5.74) is 1.15. The number of carbonyl (C=O) groups is 1. The molecular formula is C28H29F5N2O3S. The van der Waals surface area contributed by atoms with Crippen LogP contribution in [0.3, 0.4) is 0 Å². The zero-order chi connectivity index (χ0) is 28.1. The number of hydrogen-bond acceptors (Lipinski definition) is 5. The summed E-state index contributed by atoms with van der Waals surface area (Å²) in [4.78, 5) is 17.7. The summed E-state index contributed by atoms with van der Waals surface area (Å²) in [5.74, 6) is -6.97. The van der Waals surface area contributed by atoms with Crippen LogP contribution in [0.15, 0.2) is 41.4 Å². The van der Waals surface area contributed by atoms with Gasteiger partial charge >= 0.3 is 5.97 Å². The standard InChI is InChI=1S/C28H29F5N2O3S/c1-38-17-4-6-24-19(13-17)18(7-9-34-24)21(29)5-3-16-8-11-35(15-20(16)28(36)37)10-2-12-39-27-23(31)14-22(30)25(32)26(27)33/h4,6-7,9,13-14,16,20-21H,2-3,5,8,10-12,15H2,1H3,(H,36,37)/t16-,20+,21?/m1/s1. The average Bonchev–Trinajstić information content (AvgIpc) is 2.93. The summed E-state index contributed by atoms with van der Waals surface area (Å²) >= 11 is 0.751. The van der Waals surface area contributed by atoms with Crippen molar-refractivity contribution < 1.29 is 36.6 Å². The van der Waals surface area contributed by atoms with Gasteiger partial charge < -0.3 is 14.7 Å². The van der Waals surface area contributed by atoms with E-state index in [4.69, 9.17) is 4.74 Å². The van der Waals surface area contributed by atoms with E-state index in [0.29, 0.717) is 60.6 Å². The number of halogens is 5. The van der Waals surface area contributed by atoms with E-state index in [2.05, 4.69) is 4.98 Å². The quantitative estimate of drug-likeness (QED) is 0.0903. The van der Waals surface area contributed by atoms with Crippen LogP contribution in [0.4, 0.5) is 22.0 Å². The molecule has 3 atom stereocenters. The van der Waals surface area contributed by atoms with Crippen molar-refractivity contribution in [3.63, 3.8) is 0 Å². The lowest BCUT2D eigenvalue weighted by atomic mass is 9.81. The molecule has 0 amide bonds. The number of rotatable bonds is 11. The van der Waals surface area contributed by atoms with E-state index in [1.165, 1.54) is 7.11 Å². The zero-order valence-corrected chi connectivity index (χ0v) is 22.1. The predicted octanol–water partition coefficient (Wildman–Crippen LogP) is 6.80. The van der Waals surface area contributed by atoms with Crippen LogP contribution in [0.2, 0.25) is 0 Å². The minimum absolute atomic E-state index is 0.173. The van der Waals surface area contributed by atoms with Crippen molar-refractivity contribution in [2.24, 2.45) is 11.8 Å². The molecule has 3 aromatic rings. The Morgan fingerprint density at radius 1 is 1.18 bits per heavy atom. The first-order chi connectivity index (χ1) is 18.7. The molecule has 1 aliphatic rings. The second-order valence-electron chi connectivity index (χ2n) is 9.62. The summed E-state index contributed by atoms with van der Waals surface area (Å²) in [6, 6.07) is 7.23. The average molecular weight is 569 g/mol. The molecule has 0 bridgehead atoms. The molecule has 5 nitrogen and oxygen atoms in total. The molecule has 2 heterocycles. The molecule has 0 aliphatic carbocycles. The lowest BCUT2D eigenvalue weighted by molar-refractivity contribution is -0.146. The molecule has 1 aliphatic heterocycles. The fourth-order valence-electron chi connectivity index (χ4n) is 5.10. The minimum atomic E-state index is -1.71. The number of ether oxygens (including phenoxy) is 1. The van der Waals surface area contributed by atoms with Crippen LogP contribution in [0, 0.1) is 35.1 Å². The van der Waals surface area contributed by atoms with E-state index in [9.17, 15) is 27.5 Å². The molecule has 0 spiro atoms. The zero-order valence-electron chi connectivity index (χ0n) is 21.3. The maximum absolute atomic E-state index is 15.4. The molecule has 1 fully saturated rings. The number of aliphatic carboxylic acids is 1. The Hall–Kier alpha value is -2.92. The molecule has 210 valence electrons. The van der Waals surface area contributed by atoms with Gasteiger partial charge in [-0.1, -0.05) is 0 Å². The van der Waals surface area contributed by atoms with Gasteiger partial charge in [-0.25, -0.2) is 22.0 Å². The number of thioether (sulfide) groups is 1. The molecular weight excluding hydrogens is 539 g/mol. The molecule has 4 rings (SSSR count). The van der Waals surface area contributed by atoms with Crippen molar-refractivity contribution in [2.75, 3.05) is 32.5 Å². The fourth-order valence-corrected chi connectivity index (χ4v) is 5.99. The lowest BCUT2D eigenvalue weighted by Gasteiger charge is -2.36. The Bertz CT molecular complexity index is 1330. The first-order valence-electron chi connectivity index (χ1n) is 12.7. The smallest absolute Gasteiger partial charge is 0.308 e. The highest BCUT2D eigenvalue weighted by molar-refractivity contribution is 7.99. The summed E-state index contributed by atoms with van der Waals surface area (Å²) in [5, 5.41) is 10.5. The van der Waals surface area contributed by atoms with Crippen molar-refractivity contribution in [1.29, 1.82) is 0 Å². The number of alkyl halides is 1. The van der Waals surface area contributed by atoms with Crippen LogP contribution >= 0.6 is 11.8 Å². The molecule has 0 radical (unpaired) electrons. The van der Waals surface area contributed by atoms with Crippen LogP contribution in [0.25, 0.3) is 10.9 Å². The van der Waals surface area contributed by atoms with Gasteiger partial charge in [0.1, 0.15) is 17.7 Å². The molecule has 0 saturated carbocycles. The van der Waals surface area contributed by atoms with Gasteiger partial charge in [0.05, 0.1) is 23.4 Å². The van der Waals surface area contributed by atoms with Gasteiger partial charge in [-0.05, 0) is 80.3 Å². The minimum Gasteiger partial charge on any atom is -0.497 e. The highest BCUT2D eigenvalue weighted by Gasteiger charge is 2.34. The van der Waals surface area contributed by atoms with E-state index in [0.717, 1.165) is 11.8 Å². The fraction of sp³-hybridized carbons (Fsp3) is 0.429. The Morgan fingerprint density at radius 2 is 1.97 bits per heavy atom. The van der Waals surface area contributed by atoms with E-state index in [1.807, 2.05) is 4.90 Å². The van der Waals surface area contributed by atoms with Crippen LogP contribution < -0.4 is 4.74 Å². The first kappa shape index (κ1) is 29.1. The molecule has 1 N–H and O–H groups in total. The van der Waals surface area contributed by atoms with Gasteiger partial charge in [0.2, 0.25) is 0 Å². The van der Waals surface area contributed by atoms with Gasteiger partial charge in [-0.3, -0.25) is 9.78 Å². The van der Waals surface area contributed by atoms with Crippen molar-refractivity contribution in [3.05, 3.63) is 65.4 Å². The van der Waals surface area contributed by atoms with Crippen molar-refractivity contribution in [3.8, 4) is 5.75 Å². The Balaban J connectivity index is 1.30. The number of methoxy groups -OCH3 is 1. The number of benzene rings is 2.